The van der Waals surface area contributed by atoms with Crippen LogP contribution in [0.3, 0.4) is 0 Å². The summed E-state index contributed by atoms with van der Waals surface area (Å²) >= 11 is 0. The van der Waals surface area contributed by atoms with Gasteiger partial charge in [-0.15, -0.1) is 0 Å². The topological polar surface area (TPSA) is 46.5 Å². The highest BCUT2D eigenvalue weighted by Crippen LogP contribution is 2.32. The lowest BCUT2D eigenvalue weighted by Gasteiger charge is -2.29. The van der Waals surface area contributed by atoms with Crippen molar-refractivity contribution in [2.75, 3.05) is 12.9 Å². The van der Waals surface area contributed by atoms with Crippen molar-refractivity contribution in [3.05, 3.63) is 96.1 Å². The second-order valence-electron chi connectivity index (χ2n) is 5.76. The van der Waals surface area contributed by atoms with Crippen LogP contribution in [0.1, 0.15) is 11.1 Å². The molecule has 0 radical (unpaired) electrons. The molecule has 0 fully saturated rings. The largest absolute Gasteiger partial charge is 0.497 e. The summed E-state index contributed by atoms with van der Waals surface area (Å²) in [4.78, 5) is 0.658. The molecule has 128 valence electrons. The first-order valence-corrected chi connectivity index (χ1v) is 9.31. The summed E-state index contributed by atoms with van der Waals surface area (Å²) in [5.41, 5.74) is 0.124. The van der Waals surface area contributed by atoms with Crippen LogP contribution in [-0.2, 0) is 16.4 Å². The molecule has 0 aliphatic carbocycles. The Kier molecular flexibility index (Phi) is 5.31. The minimum atomic E-state index is -1.37. The molecule has 0 heterocycles. The molecule has 3 aromatic rings. The quantitative estimate of drug-likeness (QED) is 0.735. The van der Waals surface area contributed by atoms with E-state index in [4.69, 9.17) is 4.74 Å². The normalized spacial score (nSPS) is 12.6. The summed E-state index contributed by atoms with van der Waals surface area (Å²) in [6.45, 7) is 0. The zero-order valence-electron chi connectivity index (χ0n) is 14.0. The molecule has 1 N–H and O–H groups in total. The number of aliphatic hydroxyl groups is 1. The number of benzene rings is 3. The predicted molar refractivity (Wildman–Crippen MR) is 100 cm³/mol. The van der Waals surface area contributed by atoms with E-state index in [-0.39, 0.29) is 5.75 Å². The van der Waals surface area contributed by atoms with E-state index in [0.29, 0.717) is 10.6 Å². The van der Waals surface area contributed by atoms with E-state index in [1.807, 2.05) is 60.7 Å². The lowest BCUT2D eigenvalue weighted by Crippen LogP contribution is -2.33. The van der Waals surface area contributed by atoms with E-state index in [0.717, 1.165) is 11.1 Å². The highest BCUT2D eigenvalue weighted by molar-refractivity contribution is 7.85. The number of hydrogen-bond acceptors (Lipinski definition) is 3. The molecule has 0 amide bonds. The van der Waals surface area contributed by atoms with E-state index in [1.54, 1.807) is 31.4 Å². The van der Waals surface area contributed by atoms with Crippen molar-refractivity contribution >= 4 is 10.8 Å². The Morgan fingerprint density at radius 3 is 1.76 bits per heavy atom. The summed E-state index contributed by atoms with van der Waals surface area (Å²) in [6, 6.07) is 25.8. The van der Waals surface area contributed by atoms with Gasteiger partial charge in [0.15, 0.2) is 0 Å². The predicted octanol–water partition coefficient (Wildman–Crippen LogP) is 3.74. The van der Waals surface area contributed by atoms with Gasteiger partial charge in [-0.1, -0.05) is 60.7 Å². The third-order valence-corrected chi connectivity index (χ3v) is 5.64. The van der Waals surface area contributed by atoms with E-state index in [9.17, 15) is 9.32 Å². The zero-order chi connectivity index (χ0) is 17.7. The summed E-state index contributed by atoms with van der Waals surface area (Å²) in [5, 5.41) is 11.5. The van der Waals surface area contributed by atoms with Crippen LogP contribution >= 0.6 is 0 Å². The van der Waals surface area contributed by atoms with Gasteiger partial charge in [-0.25, -0.2) is 0 Å². The van der Waals surface area contributed by atoms with Gasteiger partial charge in [-0.2, -0.15) is 0 Å². The Bertz CT molecular complexity index is 791. The van der Waals surface area contributed by atoms with Crippen LogP contribution < -0.4 is 4.74 Å². The van der Waals surface area contributed by atoms with Gasteiger partial charge in [0.1, 0.15) is 11.4 Å². The first-order valence-electron chi connectivity index (χ1n) is 7.99. The van der Waals surface area contributed by atoms with Gasteiger partial charge < -0.3 is 9.84 Å². The second-order valence-corrected chi connectivity index (χ2v) is 7.21. The highest BCUT2D eigenvalue weighted by atomic mass is 32.2. The Morgan fingerprint density at radius 2 is 1.32 bits per heavy atom. The SMILES string of the molecule is COc1ccc([S@](=O)CC(O)(c2ccccc2)c2ccccc2)cc1. The fourth-order valence-electron chi connectivity index (χ4n) is 2.76. The van der Waals surface area contributed by atoms with Crippen LogP contribution in [0, 0.1) is 0 Å². The Morgan fingerprint density at radius 1 is 0.840 bits per heavy atom. The molecule has 0 aliphatic heterocycles. The van der Waals surface area contributed by atoms with Gasteiger partial charge in [0, 0.05) is 4.90 Å². The standard InChI is InChI=1S/C21H20O3S/c1-24-19-12-14-20(15-13-19)25(23)16-21(22,17-8-4-2-5-9-17)18-10-6-3-7-11-18/h2-15,22H,16H2,1H3/t25-/m1/s1. The minimum absolute atomic E-state index is 0.0767. The van der Waals surface area contributed by atoms with Gasteiger partial charge in [0.2, 0.25) is 0 Å². The lowest BCUT2D eigenvalue weighted by molar-refractivity contribution is 0.106. The van der Waals surface area contributed by atoms with E-state index in [2.05, 4.69) is 0 Å². The van der Waals surface area contributed by atoms with Crippen LogP contribution in [0.25, 0.3) is 0 Å². The number of rotatable bonds is 6. The van der Waals surface area contributed by atoms with E-state index < -0.39 is 16.4 Å². The molecular formula is C21H20O3S. The summed E-state index contributed by atoms with van der Waals surface area (Å²) in [5.74, 6) is 0.787. The second kappa shape index (κ2) is 7.64. The van der Waals surface area contributed by atoms with Crippen molar-refractivity contribution < 1.29 is 14.1 Å². The number of ether oxygens (including phenoxy) is 1. The number of methoxy groups -OCH3 is 1. The van der Waals surface area contributed by atoms with Crippen LogP contribution in [0.15, 0.2) is 89.8 Å². The van der Waals surface area contributed by atoms with Crippen LogP contribution in [0.4, 0.5) is 0 Å². The average Bonchev–Trinajstić information content (AvgIpc) is 2.69. The van der Waals surface area contributed by atoms with Crippen molar-refractivity contribution in [1.29, 1.82) is 0 Å². The molecule has 0 spiro atoms. The Balaban J connectivity index is 1.96. The molecule has 1 atom stereocenters. The Hall–Kier alpha value is -2.43. The van der Waals surface area contributed by atoms with Gasteiger partial charge >= 0.3 is 0 Å². The summed E-state index contributed by atoms with van der Waals surface area (Å²) in [6.07, 6.45) is 0. The van der Waals surface area contributed by atoms with Crippen LogP contribution in [0.5, 0.6) is 5.75 Å². The number of hydrogen-bond donors (Lipinski definition) is 1. The zero-order valence-corrected chi connectivity index (χ0v) is 14.8. The van der Waals surface area contributed by atoms with Gasteiger partial charge in [-0.3, -0.25) is 4.21 Å². The first-order chi connectivity index (χ1) is 12.1. The van der Waals surface area contributed by atoms with E-state index >= 15 is 0 Å². The third kappa shape index (κ3) is 3.81. The molecule has 3 rings (SSSR count). The summed E-state index contributed by atoms with van der Waals surface area (Å²) < 4.78 is 18.1. The Labute approximate surface area is 150 Å². The van der Waals surface area contributed by atoms with Crippen molar-refractivity contribution in [1.82, 2.24) is 0 Å². The third-order valence-electron chi connectivity index (χ3n) is 4.17. The molecule has 4 heteroatoms. The van der Waals surface area contributed by atoms with Gasteiger partial charge in [-0.05, 0) is 35.4 Å². The molecule has 3 nitrogen and oxygen atoms in total. The fraction of sp³-hybridized carbons (Fsp3) is 0.143. The van der Waals surface area contributed by atoms with Gasteiger partial charge in [0.05, 0.1) is 23.7 Å². The molecule has 25 heavy (non-hydrogen) atoms. The van der Waals surface area contributed by atoms with E-state index in [1.165, 1.54) is 0 Å². The van der Waals surface area contributed by atoms with Crippen LogP contribution in [-0.4, -0.2) is 22.2 Å². The monoisotopic (exact) mass is 352 g/mol. The first kappa shape index (κ1) is 17.4. The molecule has 0 bridgehead atoms. The molecule has 0 saturated heterocycles. The molecular weight excluding hydrogens is 332 g/mol. The van der Waals surface area contributed by atoms with Crippen molar-refractivity contribution in [3.63, 3.8) is 0 Å². The van der Waals surface area contributed by atoms with Crippen molar-refractivity contribution in [2.24, 2.45) is 0 Å². The van der Waals surface area contributed by atoms with Crippen molar-refractivity contribution in [2.45, 2.75) is 10.5 Å². The lowest BCUT2D eigenvalue weighted by atomic mass is 9.88. The fourth-order valence-corrected chi connectivity index (χ4v) is 4.08. The minimum Gasteiger partial charge on any atom is -0.497 e. The maximum atomic E-state index is 12.9. The molecule has 0 aromatic heterocycles. The van der Waals surface area contributed by atoms with Crippen LogP contribution in [0.2, 0.25) is 0 Å². The maximum Gasteiger partial charge on any atom is 0.126 e. The molecule has 3 aromatic carbocycles. The average molecular weight is 352 g/mol. The molecule has 0 aliphatic rings. The van der Waals surface area contributed by atoms with Gasteiger partial charge in [0.25, 0.3) is 0 Å². The maximum absolute atomic E-state index is 12.9. The molecule has 0 unspecified atom stereocenters. The molecule has 0 saturated carbocycles. The highest BCUT2D eigenvalue weighted by Gasteiger charge is 2.34. The summed E-state index contributed by atoms with van der Waals surface area (Å²) in [7, 11) is 0.223. The van der Waals surface area contributed by atoms with Crippen molar-refractivity contribution in [3.8, 4) is 5.75 Å². The smallest absolute Gasteiger partial charge is 0.126 e.